The number of hydrogen-bond acceptors (Lipinski definition) is 2. The molecular formula is C10H17NO3. The molecule has 0 aliphatic heterocycles. The molecule has 0 aromatic heterocycles. The molecule has 0 unspecified atom stereocenters. The lowest BCUT2D eigenvalue weighted by molar-refractivity contribution is 0.0780. The first-order valence-corrected chi connectivity index (χ1v) is 4.94. The third-order valence-electron chi connectivity index (χ3n) is 2.38. The van der Waals surface area contributed by atoms with E-state index in [-0.39, 0.29) is 12.1 Å². The monoisotopic (exact) mass is 199 g/mol. The number of carboxylic acid groups (broad SMARTS) is 1. The van der Waals surface area contributed by atoms with Crippen molar-refractivity contribution in [3.63, 3.8) is 0 Å². The maximum atomic E-state index is 10.4. The Balaban J connectivity index is 2.17. The smallest absolute Gasteiger partial charge is 0.404 e. The lowest BCUT2D eigenvalue weighted by atomic mass is 10.2. The number of ether oxygens (including phenoxy) is 1. The fourth-order valence-corrected chi connectivity index (χ4v) is 1.69. The van der Waals surface area contributed by atoms with E-state index in [2.05, 4.69) is 5.32 Å². The summed E-state index contributed by atoms with van der Waals surface area (Å²) in [5.41, 5.74) is 0. The van der Waals surface area contributed by atoms with Crippen LogP contribution in [-0.4, -0.2) is 30.0 Å². The first-order chi connectivity index (χ1) is 6.72. The van der Waals surface area contributed by atoms with Gasteiger partial charge in [-0.15, -0.1) is 0 Å². The third-order valence-corrected chi connectivity index (χ3v) is 2.38. The maximum Gasteiger partial charge on any atom is 0.404 e. The molecular weight excluding hydrogens is 182 g/mol. The van der Waals surface area contributed by atoms with Gasteiger partial charge in [0.15, 0.2) is 0 Å². The van der Waals surface area contributed by atoms with Crippen LogP contribution < -0.4 is 5.32 Å². The highest BCUT2D eigenvalue weighted by molar-refractivity contribution is 5.64. The molecule has 2 atom stereocenters. The summed E-state index contributed by atoms with van der Waals surface area (Å²) in [6.45, 7) is 2.58. The highest BCUT2D eigenvalue weighted by Gasteiger charge is 2.25. The van der Waals surface area contributed by atoms with E-state index in [0.717, 1.165) is 19.3 Å². The number of rotatable bonds is 4. The van der Waals surface area contributed by atoms with Gasteiger partial charge in [-0.05, 0) is 26.2 Å². The van der Waals surface area contributed by atoms with E-state index in [1.54, 1.807) is 0 Å². The SMILES string of the molecule is CC=CCO[C@@H]1CC[C@H](NC(=O)O)C1. The van der Waals surface area contributed by atoms with Crippen molar-refractivity contribution >= 4 is 6.09 Å². The lowest BCUT2D eigenvalue weighted by Crippen LogP contribution is -2.31. The Hall–Kier alpha value is -1.03. The molecule has 0 saturated heterocycles. The highest BCUT2D eigenvalue weighted by atomic mass is 16.5. The molecule has 1 fully saturated rings. The number of amides is 1. The van der Waals surface area contributed by atoms with Crippen LogP contribution in [0.4, 0.5) is 4.79 Å². The Bertz CT molecular complexity index is 215. The number of allylic oxidation sites excluding steroid dienone is 1. The topological polar surface area (TPSA) is 58.6 Å². The Labute approximate surface area is 83.9 Å². The molecule has 4 nitrogen and oxygen atoms in total. The fraction of sp³-hybridized carbons (Fsp3) is 0.700. The van der Waals surface area contributed by atoms with Crippen LogP contribution in [0.15, 0.2) is 12.2 Å². The summed E-state index contributed by atoms with van der Waals surface area (Å²) in [4.78, 5) is 10.4. The van der Waals surface area contributed by atoms with Crippen LogP contribution in [0.2, 0.25) is 0 Å². The van der Waals surface area contributed by atoms with Gasteiger partial charge in [-0.3, -0.25) is 0 Å². The molecule has 1 rings (SSSR count). The molecule has 1 amide bonds. The van der Waals surface area contributed by atoms with E-state index in [1.165, 1.54) is 0 Å². The van der Waals surface area contributed by atoms with Crippen molar-refractivity contribution in [1.82, 2.24) is 5.32 Å². The van der Waals surface area contributed by atoms with Crippen molar-refractivity contribution in [2.75, 3.05) is 6.61 Å². The van der Waals surface area contributed by atoms with Crippen molar-refractivity contribution in [2.45, 2.75) is 38.3 Å². The minimum atomic E-state index is -0.941. The molecule has 4 heteroatoms. The van der Waals surface area contributed by atoms with Crippen LogP contribution in [0.25, 0.3) is 0 Å². The zero-order valence-electron chi connectivity index (χ0n) is 8.40. The summed E-state index contributed by atoms with van der Waals surface area (Å²) in [5, 5.41) is 11.0. The number of nitrogens with one attached hydrogen (secondary N) is 1. The molecule has 0 bridgehead atoms. The molecule has 0 spiro atoms. The summed E-state index contributed by atoms with van der Waals surface area (Å²) in [7, 11) is 0. The first kappa shape index (κ1) is 11.0. The normalized spacial score (nSPS) is 26.9. The van der Waals surface area contributed by atoms with E-state index < -0.39 is 6.09 Å². The van der Waals surface area contributed by atoms with Gasteiger partial charge in [0.25, 0.3) is 0 Å². The summed E-state index contributed by atoms with van der Waals surface area (Å²) in [5.74, 6) is 0. The predicted octanol–water partition coefficient (Wildman–Crippen LogP) is 1.77. The maximum absolute atomic E-state index is 10.4. The van der Waals surface area contributed by atoms with Crippen LogP contribution in [-0.2, 0) is 4.74 Å². The van der Waals surface area contributed by atoms with Gasteiger partial charge >= 0.3 is 6.09 Å². The summed E-state index contributed by atoms with van der Waals surface area (Å²) in [6, 6.07) is 0.0723. The van der Waals surface area contributed by atoms with Gasteiger partial charge in [-0.25, -0.2) is 4.79 Å². The van der Waals surface area contributed by atoms with Gasteiger partial charge in [-0.2, -0.15) is 0 Å². The van der Waals surface area contributed by atoms with E-state index in [1.807, 2.05) is 19.1 Å². The molecule has 0 radical (unpaired) electrons. The molecule has 14 heavy (non-hydrogen) atoms. The fourth-order valence-electron chi connectivity index (χ4n) is 1.69. The zero-order valence-corrected chi connectivity index (χ0v) is 8.40. The van der Waals surface area contributed by atoms with Gasteiger partial charge in [-0.1, -0.05) is 12.2 Å². The van der Waals surface area contributed by atoms with Gasteiger partial charge in [0, 0.05) is 6.04 Å². The van der Waals surface area contributed by atoms with Gasteiger partial charge in [0.1, 0.15) is 0 Å². The molecule has 0 aromatic carbocycles. The Morgan fingerprint density at radius 3 is 3.07 bits per heavy atom. The van der Waals surface area contributed by atoms with Gasteiger partial charge in [0.2, 0.25) is 0 Å². The minimum absolute atomic E-state index is 0.0723. The summed E-state index contributed by atoms with van der Waals surface area (Å²) < 4.78 is 5.54. The van der Waals surface area contributed by atoms with Crippen molar-refractivity contribution in [1.29, 1.82) is 0 Å². The second-order valence-electron chi connectivity index (χ2n) is 3.48. The predicted molar refractivity (Wildman–Crippen MR) is 53.4 cm³/mol. The van der Waals surface area contributed by atoms with Crippen molar-refractivity contribution in [3.8, 4) is 0 Å². The Kier molecular flexibility index (Phi) is 4.46. The van der Waals surface area contributed by atoms with Crippen molar-refractivity contribution < 1.29 is 14.6 Å². The van der Waals surface area contributed by atoms with Crippen molar-refractivity contribution in [2.24, 2.45) is 0 Å². The second kappa shape index (κ2) is 5.65. The van der Waals surface area contributed by atoms with Gasteiger partial charge < -0.3 is 15.2 Å². The third kappa shape index (κ3) is 3.79. The minimum Gasteiger partial charge on any atom is -0.465 e. The summed E-state index contributed by atoms with van der Waals surface area (Å²) >= 11 is 0. The zero-order chi connectivity index (χ0) is 10.4. The van der Waals surface area contributed by atoms with E-state index in [4.69, 9.17) is 9.84 Å². The van der Waals surface area contributed by atoms with Crippen LogP contribution in [0.1, 0.15) is 26.2 Å². The molecule has 2 N–H and O–H groups in total. The van der Waals surface area contributed by atoms with Crippen LogP contribution >= 0.6 is 0 Å². The van der Waals surface area contributed by atoms with E-state index in [9.17, 15) is 4.79 Å². The Morgan fingerprint density at radius 1 is 1.64 bits per heavy atom. The first-order valence-electron chi connectivity index (χ1n) is 4.94. The van der Waals surface area contributed by atoms with Crippen molar-refractivity contribution in [3.05, 3.63) is 12.2 Å². The largest absolute Gasteiger partial charge is 0.465 e. The second-order valence-corrected chi connectivity index (χ2v) is 3.48. The highest BCUT2D eigenvalue weighted by Crippen LogP contribution is 2.21. The van der Waals surface area contributed by atoms with Gasteiger partial charge in [0.05, 0.1) is 12.7 Å². The molecule has 1 aliphatic carbocycles. The van der Waals surface area contributed by atoms with E-state index >= 15 is 0 Å². The molecule has 0 heterocycles. The molecule has 1 saturated carbocycles. The Morgan fingerprint density at radius 2 is 2.43 bits per heavy atom. The average molecular weight is 199 g/mol. The van der Waals surface area contributed by atoms with E-state index in [0.29, 0.717) is 6.61 Å². The van der Waals surface area contributed by atoms with Crippen LogP contribution in [0.3, 0.4) is 0 Å². The quantitative estimate of drug-likeness (QED) is 0.678. The average Bonchev–Trinajstić information content (AvgIpc) is 2.52. The molecule has 1 aliphatic rings. The lowest BCUT2D eigenvalue weighted by Gasteiger charge is -2.11. The standard InChI is InChI=1S/C10H17NO3/c1-2-3-6-14-9-5-4-8(7-9)11-10(12)13/h2-3,8-9,11H,4-7H2,1H3,(H,12,13)/t8-,9+/m0/s1. The van der Waals surface area contributed by atoms with Crippen LogP contribution in [0, 0.1) is 0 Å². The summed E-state index contributed by atoms with van der Waals surface area (Å²) in [6.07, 6.45) is 5.80. The molecule has 80 valence electrons. The number of carbonyl (C=O) groups is 1. The number of hydrogen-bond donors (Lipinski definition) is 2. The van der Waals surface area contributed by atoms with Crippen LogP contribution in [0.5, 0.6) is 0 Å². The molecule has 0 aromatic rings.